The average molecular weight is 262 g/mol. The minimum absolute atomic E-state index is 0.0734. The van der Waals surface area contributed by atoms with Gasteiger partial charge in [0, 0.05) is 0 Å². The minimum atomic E-state index is -4.59. The molecule has 1 rings (SSSR count). The normalized spacial score (nSPS) is 11.3. The van der Waals surface area contributed by atoms with Crippen LogP contribution in [-0.2, 0) is 6.18 Å². The van der Waals surface area contributed by atoms with Gasteiger partial charge in [-0.1, -0.05) is 13.3 Å². The molecule has 0 unspecified atom stereocenters. The lowest BCUT2D eigenvalue weighted by molar-refractivity contribution is -0.137. The van der Waals surface area contributed by atoms with Gasteiger partial charge in [-0.15, -0.1) is 0 Å². The molecular weight excluding hydrogens is 249 g/mol. The Kier molecular flexibility index (Phi) is 4.58. The molecule has 1 aromatic rings. The van der Waals surface area contributed by atoms with Crippen LogP contribution < -0.4 is 4.74 Å². The van der Waals surface area contributed by atoms with Crippen molar-refractivity contribution in [3.63, 3.8) is 0 Å². The van der Waals surface area contributed by atoms with Crippen LogP contribution in [0.15, 0.2) is 18.2 Å². The maximum absolute atomic E-state index is 12.6. The third kappa shape index (κ3) is 3.94. The molecule has 0 aromatic heterocycles. The lowest BCUT2D eigenvalue weighted by Gasteiger charge is -2.11. The van der Waals surface area contributed by atoms with Gasteiger partial charge >= 0.3 is 12.1 Å². The fraction of sp³-hybridized carbons (Fsp3) is 0.417. The molecule has 0 saturated heterocycles. The fourth-order valence-electron chi connectivity index (χ4n) is 1.30. The van der Waals surface area contributed by atoms with Crippen LogP contribution in [0.3, 0.4) is 0 Å². The van der Waals surface area contributed by atoms with Crippen molar-refractivity contribution in [2.45, 2.75) is 25.9 Å². The molecule has 0 aliphatic heterocycles. The number of hydrogen-bond donors (Lipinski definition) is 1. The number of carboxylic acids is 1. The van der Waals surface area contributed by atoms with Crippen molar-refractivity contribution in [1.82, 2.24) is 0 Å². The summed E-state index contributed by atoms with van der Waals surface area (Å²) in [6.45, 7) is 2.18. The van der Waals surface area contributed by atoms with Gasteiger partial charge in [-0.05, 0) is 24.6 Å². The summed E-state index contributed by atoms with van der Waals surface area (Å²) >= 11 is 0. The van der Waals surface area contributed by atoms with Gasteiger partial charge in [0.15, 0.2) is 0 Å². The zero-order valence-corrected chi connectivity index (χ0v) is 9.75. The Hall–Kier alpha value is -1.72. The van der Waals surface area contributed by atoms with Gasteiger partial charge in [0.05, 0.1) is 17.7 Å². The van der Waals surface area contributed by atoms with Crippen LogP contribution >= 0.6 is 0 Å². The predicted octanol–water partition coefficient (Wildman–Crippen LogP) is 3.58. The van der Waals surface area contributed by atoms with Crippen molar-refractivity contribution in [3.8, 4) is 5.75 Å². The maximum Gasteiger partial charge on any atom is 0.416 e. The molecule has 0 fully saturated rings. The second-order valence-electron chi connectivity index (χ2n) is 3.75. The predicted molar refractivity (Wildman–Crippen MR) is 58.8 cm³/mol. The molecule has 6 heteroatoms. The summed E-state index contributed by atoms with van der Waals surface area (Å²) in [5.41, 5.74) is -1.45. The number of halogens is 3. The monoisotopic (exact) mass is 262 g/mol. The summed E-state index contributed by atoms with van der Waals surface area (Å²) in [4.78, 5) is 10.7. The lowest BCUT2D eigenvalue weighted by atomic mass is 10.1. The molecule has 0 radical (unpaired) electrons. The molecule has 0 heterocycles. The summed E-state index contributed by atoms with van der Waals surface area (Å²) in [7, 11) is 0. The van der Waals surface area contributed by atoms with Gasteiger partial charge < -0.3 is 9.84 Å². The third-order valence-electron chi connectivity index (χ3n) is 2.25. The Balaban J connectivity index is 3.03. The highest BCUT2D eigenvalue weighted by Gasteiger charge is 2.32. The summed E-state index contributed by atoms with van der Waals surface area (Å²) < 4.78 is 42.8. The molecule has 0 aliphatic carbocycles. The number of rotatable bonds is 5. The van der Waals surface area contributed by atoms with E-state index in [9.17, 15) is 18.0 Å². The molecule has 0 bridgehead atoms. The highest BCUT2D eigenvalue weighted by Crippen LogP contribution is 2.32. The second kappa shape index (κ2) is 5.75. The van der Waals surface area contributed by atoms with E-state index in [1.165, 1.54) is 0 Å². The molecule has 0 aliphatic rings. The highest BCUT2D eigenvalue weighted by atomic mass is 19.4. The van der Waals surface area contributed by atoms with Gasteiger partial charge in [-0.25, -0.2) is 4.79 Å². The summed E-state index contributed by atoms with van der Waals surface area (Å²) in [6.07, 6.45) is -3.06. The number of unbranched alkanes of at least 4 members (excludes halogenated alkanes) is 1. The Labute approximate surface area is 102 Å². The molecule has 18 heavy (non-hydrogen) atoms. The SMILES string of the molecule is CCCCOc1cc(C(=O)O)cc(C(F)(F)F)c1. The summed E-state index contributed by atoms with van der Waals surface area (Å²) in [5.74, 6) is -1.49. The minimum Gasteiger partial charge on any atom is -0.494 e. The molecule has 3 nitrogen and oxygen atoms in total. The lowest BCUT2D eigenvalue weighted by Crippen LogP contribution is -2.09. The average Bonchev–Trinajstić information content (AvgIpc) is 2.28. The Morgan fingerprint density at radius 3 is 2.50 bits per heavy atom. The van der Waals surface area contributed by atoms with Crippen LogP contribution in [0.1, 0.15) is 35.7 Å². The molecular formula is C12H13F3O3. The van der Waals surface area contributed by atoms with Crippen LogP contribution in [0.5, 0.6) is 5.75 Å². The smallest absolute Gasteiger partial charge is 0.416 e. The van der Waals surface area contributed by atoms with E-state index in [0.29, 0.717) is 12.5 Å². The Morgan fingerprint density at radius 1 is 1.33 bits per heavy atom. The Morgan fingerprint density at radius 2 is 2.00 bits per heavy atom. The van der Waals surface area contributed by atoms with Crippen molar-refractivity contribution in [2.24, 2.45) is 0 Å². The van der Waals surface area contributed by atoms with E-state index in [4.69, 9.17) is 9.84 Å². The number of benzene rings is 1. The Bertz CT molecular complexity index is 427. The van der Waals surface area contributed by atoms with E-state index in [1.54, 1.807) is 0 Å². The van der Waals surface area contributed by atoms with E-state index < -0.39 is 23.3 Å². The number of carboxylic acid groups (broad SMARTS) is 1. The standard InChI is InChI=1S/C12H13F3O3/c1-2-3-4-18-10-6-8(11(16)17)5-9(7-10)12(13,14)15/h5-7H,2-4H2,1H3,(H,16,17). The van der Waals surface area contributed by atoms with Crippen LogP contribution in [0, 0.1) is 0 Å². The van der Waals surface area contributed by atoms with Gasteiger partial charge in [-0.3, -0.25) is 0 Å². The second-order valence-corrected chi connectivity index (χ2v) is 3.75. The number of carbonyl (C=O) groups is 1. The van der Waals surface area contributed by atoms with Crippen molar-refractivity contribution < 1.29 is 27.8 Å². The van der Waals surface area contributed by atoms with Crippen LogP contribution in [0.2, 0.25) is 0 Å². The quantitative estimate of drug-likeness (QED) is 0.825. The topological polar surface area (TPSA) is 46.5 Å². The first kappa shape index (κ1) is 14.3. The van der Waals surface area contributed by atoms with Crippen LogP contribution in [0.25, 0.3) is 0 Å². The van der Waals surface area contributed by atoms with Gasteiger partial charge in [0.1, 0.15) is 5.75 Å². The van der Waals surface area contributed by atoms with Crippen molar-refractivity contribution in [2.75, 3.05) is 6.61 Å². The summed E-state index contributed by atoms with van der Waals surface area (Å²) in [6, 6.07) is 2.49. The van der Waals surface area contributed by atoms with Gasteiger partial charge in [0.25, 0.3) is 0 Å². The first-order valence-corrected chi connectivity index (χ1v) is 5.43. The van der Waals surface area contributed by atoms with Gasteiger partial charge in [-0.2, -0.15) is 13.2 Å². The van der Waals surface area contributed by atoms with E-state index in [2.05, 4.69) is 0 Å². The molecule has 1 aromatic carbocycles. The number of ether oxygens (including phenoxy) is 1. The van der Waals surface area contributed by atoms with E-state index in [-0.39, 0.29) is 12.4 Å². The summed E-state index contributed by atoms with van der Waals surface area (Å²) in [5, 5.41) is 8.75. The number of hydrogen-bond acceptors (Lipinski definition) is 2. The number of aromatic carboxylic acids is 1. The molecule has 0 atom stereocenters. The van der Waals surface area contributed by atoms with Crippen LogP contribution in [0.4, 0.5) is 13.2 Å². The zero-order valence-electron chi connectivity index (χ0n) is 9.75. The van der Waals surface area contributed by atoms with Crippen LogP contribution in [-0.4, -0.2) is 17.7 Å². The largest absolute Gasteiger partial charge is 0.494 e. The van der Waals surface area contributed by atoms with E-state index in [0.717, 1.165) is 18.6 Å². The molecule has 1 N–H and O–H groups in total. The van der Waals surface area contributed by atoms with Crippen molar-refractivity contribution >= 4 is 5.97 Å². The van der Waals surface area contributed by atoms with E-state index in [1.807, 2.05) is 6.92 Å². The number of alkyl halides is 3. The van der Waals surface area contributed by atoms with Gasteiger partial charge in [0.2, 0.25) is 0 Å². The maximum atomic E-state index is 12.6. The molecule has 0 saturated carbocycles. The molecule has 0 spiro atoms. The fourth-order valence-corrected chi connectivity index (χ4v) is 1.30. The first-order valence-electron chi connectivity index (χ1n) is 5.43. The zero-order chi connectivity index (χ0) is 13.8. The molecule has 100 valence electrons. The highest BCUT2D eigenvalue weighted by molar-refractivity contribution is 5.88. The van der Waals surface area contributed by atoms with Crippen molar-refractivity contribution in [1.29, 1.82) is 0 Å². The van der Waals surface area contributed by atoms with Crippen molar-refractivity contribution in [3.05, 3.63) is 29.3 Å². The molecule has 0 amide bonds. The third-order valence-corrected chi connectivity index (χ3v) is 2.25. The van der Waals surface area contributed by atoms with E-state index >= 15 is 0 Å². The first-order chi connectivity index (χ1) is 8.34.